The molecular weight excluding hydrogens is 264 g/mol. The van der Waals surface area contributed by atoms with Gasteiger partial charge in [-0.25, -0.2) is 0 Å². The Morgan fingerprint density at radius 1 is 1.25 bits per heavy atom. The highest BCUT2D eigenvalue weighted by Crippen LogP contribution is 2.34. The molecule has 0 aromatic carbocycles. The van der Waals surface area contributed by atoms with Crippen LogP contribution in [0, 0.1) is 11.8 Å². The minimum absolute atomic E-state index is 0.482. The standard InChI is InChI=1S/C17H34N2S/c1-5-14-6-7-16(18-4)15(12-14)13-19-9-8-17(2,3)20-11-10-19/h14-16,18H,5-13H2,1-4H3. The van der Waals surface area contributed by atoms with E-state index in [0.717, 1.165) is 17.9 Å². The third kappa shape index (κ3) is 4.64. The smallest absolute Gasteiger partial charge is 0.0116 e. The van der Waals surface area contributed by atoms with Gasteiger partial charge in [-0.2, -0.15) is 11.8 Å². The van der Waals surface area contributed by atoms with Gasteiger partial charge in [0.05, 0.1) is 0 Å². The predicted molar refractivity (Wildman–Crippen MR) is 91.6 cm³/mol. The summed E-state index contributed by atoms with van der Waals surface area (Å²) in [6.45, 7) is 11.1. The maximum absolute atomic E-state index is 3.59. The molecule has 0 spiro atoms. The Morgan fingerprint density at radius 3 is 2.75 bits per heavy atom. The summed E-state index contributed by atoms with van der Waals surface area (Å²) in [5, 5.41) is 3.59. The normalized spacial score (nSPS) is 35.7. The van der Waals surface area contributed by atoms with E-state index in [-0.39, 0.29) is 0 Å². The highest BCUT2D eigenvalue weighted by molar-refractivity contribution is 8.00. The van der Waals surface area contributed by atoms with E-state index < -0.39 is 0 Å². The Morgan fingerprint density at radius 2 is 2.05 bits per heavy atom. The fraction of sp³-hybridized carbons (Fsp3) is 1.00. The highest BCUT2D eigenvalue weighted by Gasteiger charge is 2.31. The van der Waals surface area contributed by atoms with Crippen LogP contribution in [-0.4, -0.2) is 48.1 Å². The predicted octanol–water partition coefficient (Wildman–Crippen LogP) is 3.62. The fourth-order valence-electron chi connectivity index (χ4n) is 3.89. The molecule has 118 valence electrons. The molecule has 1 N–H and O–H groups in total. The van der Waals surface area contributed by atoms with Gasteiger partial charge in [0.25, 0.3) is 0 Å². The molecule has 0 radical (unpaired) electrons. The molecule has 2 fully saturated rings. The fourth-order valence-corrected chi connectivity index (χ4v) is 5.03. The summed E-state index contributed by atoms with van der Waals surface area (Å²) in [5.41, 5.74) is 0. The van der Waals surface area contributed by atoms with Gasteiger partial charge in [-0.05, 0) is 51.1 Å². The summed E-state index contributed by atoms with van der Waals surface area (Å²) in [4.78, 5) is 2.74. The van der Waals surface area contributed by atoms with Crippen LogP contribution >= 0.6 is 11.8 Å². The van der Waals surface area contributed by atoms with Gasteiger partial charge < -0.3 is 10.2 Å². The monoisotopic (exact) mass is 298 g/mol. The second-order valence-corrected chi connectivity index (χ2v) is 9.20. The molecule has 0 bridgehead atoms. The molecule has 1 aliphatic carbocycles. The van der Waals surface area contributed by atoms with E-state index in [2.05, 4.69) is 49.8 Å². The molecule has 2 aliphatic rings. The Balaban J connectivity index is 1.89. The van der Waals surface area contributed by atoms with Crippen molar-refractivity contribution in [3.63, 3.8) is 0 Å². The van der Waals surface area contributed by atoms with E-state index in [1.807, 2.05) is 0 Å². The minimum atomic E-state index is 0.482. The molecule has 3 heteroatoms. The first kappa shape index (κ1) is 16.6. The number of nitrogens with zero attached hydrogens (tertiary/aromatic N) is 1. The van der Waals surface area contributed by atoms with Crippen LogP contribution in [0.2, 0.25) is 0 Å². The van der Waals surface area contributed by atoms with E-state index in [1.165, 1.54) is 57.5 Å². The number of nitrogens with one attached hydrogen (secondary N) is 1. The zero-order valence-electron chi connectivity index (χ0n) is 14.0. The molecule has 1 heterocycles. The van der Waals surface area contributed by atoms with Crippen molar-refractivity contribution >= 4 is 11.8 Å². The molecule has 1 aliphatic heterocycles. The quantitative estimate of drug-likeness (QED) is 0.853. The van der Waals surface area contributed by atoms with Crippen LogP contribution in [0.4, 0.5) is 0 Å². The lowest BCUT2D eigenvalue weighted by Gasteiger charge is -2.38. The van der Waals surface area contributed by atoms with Gasteiger partial charge in [0, 0.05) is 29.6 Å². The van der Waals surface area contributed by atoms with Crippen LogP contribution in [0.15, 0.2) is 0 Å². The lowest BCUT2D eigenvalue weighted by Crippen LogP contribution is -2.45. The number of hydrogen-bond acceptors (Lipinski definition) is 3. The van der Waals surface area contributed by atoms with Gasteiger partial charge in [-0.15, -0.1) is 0 Å². The zero-order valence-corrected chi connectivity index (χ0v) is 14.8. The molecule has 2 rings (SSSR count). The topological polar surface area (TPSA) is 15.3 Å². The summed E-state index contributed by atoms with van der Waals surface area (Å²) in [5.74, 6) is 3.15. The first-order chi connectivity index (χ1) is 9.54. The van der Waals surface area contributed by atoms with Crippen molar-refractivity contribution in [2.24, 2.45) is 11.8 Å². The van der Waals surface area contributed by atoms with E-state index in [4.69, 9.17) is 0 Å². The van der Waals surface area contributed by atoms with Crippen LogP contribution in [0.3, 0.4) is 0 Å². The summed E-state index contributed by atoms with van der Waals surface area (Å²) >= 11 is 2.16. The minimum Gasteiger partial charge on any atom is -0.317 e. The van der Waals surface area contributed by atoms with Gasteiger partial charge in [-0.3, -0.25) is 0 Å². The molecule has 3 unspecified atom stereocenters. The van der Waals surface area contributed by atoms with E-state index >= 15 is 0 Å². The molecule has 0 aromatic rings. The van der Waals surface area contributed by atoms with Crippen LogP contribution in [0.25, 0.3) is 0 Å². The van der Waals surface area contributed by atoms with Crippen LogP contribution in [-0.2, 0) is 0 Å². The van der Waals surface area contributed by atoms with Crippen molar-refractivity contribution in [1.82, 2.24) is 10.2 Å². The van der Waals surface area contributed by atoms with E-state index in [9.17, 15) is 0 Å². The van der Waals surface area contributed by atoms with Crippen molar-refractivity contribution in [2.45, 2.75) is 63.7 Å². The van der Waals surface area contributed by atoms with Gasteiger partial charge in [0.1, 0.15) is 0 Å². The maximum Gasteiger partial charge on any atom is 0.0116 e. The highest BCUT2D eigenvalue weighted by atomic mass is 32.2. The summed E-state index contributed by atoms with van der Waals surface area (Å²) in [6, 6.07) is 0.752. The van der Waals surface area contributed by atoms with Crippen molar-refractivity contribution in [2.75, 3.05) is 32.4 Å². The second-order valence-electron chi connectivity index (χ2n) is 7.40. The van der Waals surface area contributed by atoms with E-state index in [0.29, 0.717) is 4.75 Å². The molecule has 0 aromatic heterocycles. The Bertz CT molecular complexity index is 293. The van der Waals surface area contributed by atoms with Crippen molar-refractivity contribution < 1.29 is 0 Å². The van der Waals surface area contributed by atoms with Crippen molar-refractivity contribution in [3.8, 4) is 0 Å². The van der Waals surface area contributed by atoms with Crippen LogP contribution in [0.1, 0.15) is 52.9 Å². The van der Waals surface area contributed by atoms with Crippen LogP contribution in [0.5, 0.6) is 0 Å². The van der Waals surface area contributed by atoms with Crippen molar-refractivity contribution in [3.05, 3.63) is 0 Å². The first-order valence-corrected chi connectivity index (χ1v) is 9.56. The molecule has 20 heavy (non-hydrogen) atoms. The summed E-state index contributed by atoms with van der Waals surface area (Å²) in [7, 11) is 2.16. The Labute approximate surface area is 130 Å². The lowest BCUT2D eigenvalue weighted by molar-refractivity contribution is 0.144. The molecule has 0 amide bonds. The second kappa shape index (κ2) is 7.51. The molecular formula is C17H34N2S. The first-order valence-electron chi connectivity index (χ1n) is 8.57. The van der Waals surface area contributed by atoms with Gasteiger partial charge in [0.15, 0.2) is 0 Å². The maximum atomic E-state index is 3.59. The molecule has 1 saturated heterocycles. The summed E-state index contributed by atoms with van der Waals surface area (Å²) in [6.07, 6.45) is 6.96. The third-order valence-corrected chi connectivity index (χ3v) is 6.83. The van der Waals surface area contributed by atoms with Gasteiger partial charge in [0.2, 0.25) is 0 Å². The molecule has 3 atom stereocenters. The number of hydrogen-bond donors (Lipinski definition) is 1. The van der Waals surface area contributed by atoms with E-state index in [1.54, 1.807) is 0 Å². The lowest BCUT2D eigenvalue weighted by atomic mass is 9.76. The Hall–Kier alpha value is 0.270. The van der Waals surface area contributed by atoms with Gasteiger partial charge >= 0.3 is 0 Å². The van der Waals surface area contributed by atoms with Crippen LogP contribution < -0.4 is 5.32 Å². The molecule has 1 saturated carbocycles. The Kier molecular flexibility index (Phi) is 6.25. The van der Waals surface area contributed by atoms with Gasteiger partial charge in [-0.1, -0.05) is 27.2 Å². The largest absolute Gasteiger partial charge is 0.317 e. The summed E-state index contributed by atoms with van der Waals surface area (Å²) < 4.78 is 0.482. The zero-order chi connectivity index (χ0) is 14.6. The average molecular weight is 299 g/mol. The molecule has 2 nitrogen and oxygen atoms in total. The number of thioether (sulfide) groups is 1. The third-order valence-electron chi connectivity index (χ3n) is 5.46. The SMILES string of the molecule is CCC1CCC(NC)C(CN2CCSC(C)(C)CC2)C1. The number of rotatable bonds is 4. The van der Waals surface area contributed by atoms with Crippen molar-refractivity contribution in [1.29, 1.82) is 0 Å². The average Bonchev–Trinajstić information content (AvgIpc) is 2.60.